The zero-order valence-corrected chi connectivity index (χ0v) is 14.4. The van der Waals surface area contributed by atoms with Crippen LogP contribution in [0.25, 0.3) is 0 Å². The SMILES string of the molecule is CCOc1cc(C=O)ccc1OCCCCN1CCCCC1C. The van der Waals surface area contributed by atoms with Crippen molar-refractivity contribution in [3.8, 4) is 11.5 Å². The Morgan fingerprint density at radius 1 is 1.22 bits per heavy atom. The predicted octanol–water partition coefficient (Wildman–Crippen LogP) is 3.93. The first-order chi connectivity index (χ1) is 11.2. The van der Waals surface area contributed by atoms with Crippen LogP contribution in [0.3, 0.4) is 0 Å². The van der Waals surface area contributed by atoms with Gasteiger partial charge < -0.3 is 14.4 Å². The molecule has 1 saturated heterocycles. The van der Waals surface area contributed by atoms with Crippen LogP contribution in [-0.4, -0.2) is 43.5 Å². The summed E-state index contributed by atoms with van der Waals surface area (Å²) in [5, 5.41) is 0. The largest absolute Gasteiger partial charge is 0.490 e. The van der Waals surface area contributed by atoms with Crippen molar-refractivity contribution in [1.29, 1.82) is 0 Å². The maximum absolute atomic E-state index is 10.8. The Hall–Kier alpha value is -1.55. The molecule has 1 aromatic carbocycles. The van der Waals surface area contributed by atoms with Crippen molar-refractivity contribution in [2.45, 2.75) is 52.0 Å². The summed E-state index contributed by atoms with van der Waals surface area (Å²) in [6.07, 6.45) is 7.05. The molecule has 1 aromatic rings. The van der Waals surface area contributed by atoms with Crippen LogP contribution >= 0.6 is 0 Å². The van der Waals surface area contributed by atoms with Crippen molar-refractivity contribution in [3.05, 3.63) is 23.8 Å². The molecule has 1 unspecified atom stereocenters. The summed E-state index contributed by atoms with van der Waals surface area (Å²) >= 11 is 0. The van der Waals surface area contributed by atoms with Gasteiger partial charge in [-0.1, -0.05) is 6.42 Å². The fourth-order valence-electron chi connectivity index (χ4n) is 3.07. The van der Waals surface area contributed by atoms with E-state index < -0.39 is 0 Å². The van der Waals surface area contributed by atoms with Crippen LogP contribution in [-0.2, 0) is 0 Å². The van der Waals surface area contributed by atoms with E-state index >= 15 is 0 Å². The summed E-state index contributed by atoms with van der Waals surface area (Å²) in [5.74, 6) is 1.38. The molecule has 1 aliphatic heterocycles. The lowest BCUT2D eigenvalue weighted by atomic mass is 10.0. The molecule has 0 aromatic heterocycles. The summed E-state index contributed by atoms with van der Waals surface area (Å²) in [6, 6.07) is 6.05. The number of carbonyl (C=O) groups is 1. The molecule has 0 saturated carbocycles. The van der Waals surface area contributed by atoms with Crippen LogP contribution in [0.5, 0.6) is 11.5 Å². The fourth-order valence-corrected chi connectivity index (χ4v) is 3.07. The van der Waals surface area contributed by atoms with E-state index in [-0.39, 0.29) is 0 Å². The highest BCUT2D eigenvalue weighted by molar-refractivity contribution is 5.76. The zero-order chi connectivity index (χ0) is 16.5. The van der Waals surface area contributed by atoms with Crippen LogP contribution in [0.4, 0.5) is 0 Å². The predicted molar refractivity (Wildman–Crippen MR) is 92.6 cm³/mol. The molecule has 1 aliphatic rings. The second-order valence-corrected chi connectivity index (χ2v) is 6.19. The smallest absolute Gasteiger partial charge is 0.161 e. The molecule has 1 fully saturated rings. The minimum Gasteiger partial charge on any atom is -0.490 e. The molecular formula is C19H29NO3. The van der Waals surface area contributed by atoms with Crippen molar-refractivity contribution >= 4 is 6.29 Å². The second kappa shape index (κ2) is 9.56. The van der Waals surface area contributed by atoms with Gasteiger partial charge in [-0.2, -0.15) is 0 Å². The quantitative estimate of drug-likeness (QED) is 0.510. The fraction of sp³-hybridized carbons (Fsp3) is 0.632. The van der Waals surface area contributed by atoms with Gasteiger partial charge in [0, 0.05) is 11.6 Å². The number of carbonyl (C=O) groups excluding carboxylic acids is 1. The topological polar surface area (TPSA) is 38.8 Å². The van der Waals surface area contributed by atoms with Gasteiger partial charge in [0.25, 0.3) is 0 Å². The molecule has 128 valence electrons. The Bertz CT molecular complexity index is 490. The minimum absolute atomic E-state index is 0.561. The second-order valence-electron chi connectivity index (χ2n) is 6.19. The van der Waals surface area contributed by atoms with Crippen molar-refractivity contribution in [1.82, 2.24) is 4.90 Å². The molecule has 2 rings (SSSR count). The number of hydrogen-bond donors (Lipinski definition) is 0. The molecule has 23 heavy (non-hydrogen) atoms. The van der Waals surface area contributed by atoms with Gasteiger partial charge in [-0.15, -0.1) is 0 Å². The van der Waals surface area contributed by atoms with E-state index in [0.29, 0.717) is 24.5 Å². The van der Waals surface area contributed by atoms with Crippen molar-refractivity contribution in [2.75, 3.05) is 26.3 Å². The van der Waals surface area contributed by atoms with Crippen molar-refractivity contribution in [2.24, 2.45) is 0 Å². The summed E-state index contributed by atoms with van der Waals surface area (Å²) in [4.78, 5) is 13.4. The van der Waals surface area contributed by atoms with Gasteiger partial charge in [-0.05, 0) is 70.8 Å². The third-order valence-corrected chi connectivity index (χ3v) is 4.44. The molecule has 0 spiro atoms. The van der Waals surface area contributed by atoms with Crippen LogP contribution in [0.2, 0.25) is 0 Å². The van der Waals surface area contributed by atoms with E-state index in [0.717, 1.165) is 37.5 Å². The zero-order valence-electron chi connectivity index (χ0n) is 14.4. The highest BCUT2D eigenvalue weighted by Gasteiger charge is 2.17. The molecule has 0 amide bonds. The average Bonchev–Trinajstić information content (AvgIpc) is 2.57. The maximum Gasteiger partial charge on any atom is 0.161 e. The monoisotopic (exact) mass is 319 g/mol. The number of rotatable bonds is 9. The number of piperidine rings is 1. The van der Waals surface area contributed by atoms with Gasteiger partial charge >= 0.3 is 0 Å². The highest BCUT2D eigenvalue weighted by Crippen LogP contribution is 2.28. The first kappa shape index (κ1) is 17.8. The number of ether oxygens (including phenoxy) is 2. The molecule has 1 heterocycles. The van der Waals surface area contributed by atoms with Crippen LogP contribution in [0.1, 0.15) is 56.3 Å². The van der Waals surface area contributed by atoms with Crippen LogP contribution < -0.4 is 9.47 Å². The first-order valence-electron chi connectivity index (χ1n) is 8.83. The summed E-state index contributed by atoms with van der Waals surface area (Å²) < 4.78 is 11.4. The number of unbranched alkanes of at least 4 members (excludes halogenated alkanes) is 1. The van der Waals surface area contributed by atoms with Crippen LogP contribution in [0.15, 0.2) is 18.2 Å². The standard InChI is InChI=1S/C19H29NO3/c1-3-22-19-14-17(15-21)9-10-18(19)23-13-7-6-12-20-11-5-4-8-16(20)2/h9-10,14-16H,3-8,11-13H2,1-2H3. The number of hydrogen-bond acceptors (Lipinski definition) is 4. The normalized spacial score (nSPS) is 18.6. The maximum atomic E-state index is 10.8. The molecule has 4 nitrogen and oxygen atoms in total. The van der Waals surface area contributed by atoms with E-state index in [1.807, 2.05) is 13.0 Å². The van der Waals surface area contributed by atoms with Gasteiger partial charge in [-0.3, -0.25) is 4.79 Å². The average molecular weight is 319 g/mol. The minimum atomic E-state index is 0.561. The summed E-state index contributed by atoms with van der Waals surface area (Å²) in [6.45, 7) is 7.90. The van der Waals surface area contributed by atoms with Crippen LogP contribution in [0, 0.1) is 0 Å². The van der Waals surface area contributed by atoms with Gasteiger partial charge in [0.1, 0.15) is 6.29 Å². The van der Waals surface area contributed by atoms with E-state index in [1.54, 1.807) is 12.1 Å². The Morgan fingerprint density at radius 2 is 2.09 bits per heavy atom. The molecular weight excluding hydrogens is 290 g/mol. The van der Waals surface area contributed by atoms with E-state index in [9.17, 15) is 4.79 Å². The summed E-state index contributed by atoms with van der Waals surface area (Å²) in [5.41, 5.74) is 0.611. The lowest BCUT2D eigenvalue weighted by molar-refractivity contribution is 0.112. The van der Waals surface area contributed by atoms with Gasteiger partial charge in [0.15, 0.2) is 11.5 Å². The van der Waals surface area contributed by atoms with Gasteiger partial charge in [-0.25, -0.2) is 0 Å². The Labute approximate surface area is 139 Å². The van der Waals surface area contributed by atoms with Crippen molar-refractivity contribution in [3.63, 3.8) is 0 Å². The van der Waals surface area contributed by atoms with Gasteiger partial charge in [0.05, 0.1) is 13.2 Å². The molecule has 4 heteroatoms. The Balaban J connectivity index is 1.74. The van der Waals surface area contributed by atoms with Crippen molar-refractivity contribution < 1.29 is 14.3 Å². The Kier molecular flexibility index (Phi) is 7.40. The number of benzene rings is 1. The lowest BCUT2D eigenvalue weighted by Crippen LogP contribution is -2.38. The van der Waals surface area contributed by atoms with E-state index in [1.165, 1.54) is 25.8 Å². The Morgan fingerprint density at radius 3 is 2.83 bits per heavy atom. The molecule has 0 aliphatic carbocycles. The third-order valence-electron chi connectivity index (χ3n) is 4.44. The molecule has 0 bridgehead atoms. The summed E-state index contributed by atoms with van der Waals surface area (Å²) in [7, 11) is 0. The lowest BCUT2D eigenvalue weighted by Gasteiger charge is -2.33. The first-order valence-corrected chi connectivity index (χ1v) is 8.83. The molecule has 0 N–H and O–H groups in total. The number of likely N-dealkylation sites (tertiary alicyclic amines) is 1. The molecule has 1 atom stereocenters. The number of nitrogens with zero attached hydrogens (tertiary/aromatic N) is 1. The highest BCUT2D eigenvalue weighted by atomic mass is 16.5. The van der Waals surface area contributed by atoms with E-state index in [2.05, 4.69) is 11.8 Å². The molecule has 0 radical (unpaired) electrons. The number of aldehydes is 1. The van der Waals surface area contributed by atoms with Gasteiger partial charge in [0.2, 0.25) is 0 Å². The van der Waals surface area contributed by atoms with E-state index in [4.69, 9.17) is 9.47 Å². The third kappa shape index (κ3) is 5.54.